The number of hydrogen-bond acceptors (Lipinski definition) is 2. The van der Waals surface area contributed by atoms with E-state index in [-0.39, 0.29) is 5.82 Å². The van der Waals surface area contributed by atoms with Gasteiger partial charge < -0.3 is 10.2 Å². The zero-order valence-corrected chi connectivity index (χ0v) is 15.6. The van der Waals surface area contributed by atoms with Crippen molar-refractivity contribution in [3.8, 4) is 0 Å². The zero-order chi connectivity index (χ0) is 17.8. The van der Waals surface area contributed by atoms with Gasteiger partial charge in [0.1, 0.15) is 5.82 Å². The minimum Gasteiger partial charge on any atom is -0.336 e. The lowest BCUT2D eigenvalue weighted by Gasteiger charge is -2.37. The molecule has 1 aliphatic heterocycles. The molecule has 1 heterocycles. The summed E-state index contributed by atoms with van der Waals surface area (Å²) in [7, 11) is 0. The molecule has 0 saturated carbocycles. The van der Waals surface area contributed by atoms with Gasteiger partial charge in [0.25, 0.3) is 0 Å². The van der Waals surface area contributed by atoms with Crippen molar-refractivity contribution in [1.82, 2.24) is 9.80 Å². The molecule has 0 spiro atoms. The maximum absolute atomic E-state index is 13.9. The Morgan fingerprint density at radius 3 is 2.68 bits per heavy atom. The number of hydrogen-bond donors (Lipinski definition) is 1. The number of halogens is 1. The average molecular weight is 357 g/mol. The number of nitrogens with zero attached hydrogens (tertiary/aromatic N) is 2. The molecule has 132 valence electrons. The molecule has 0 aromatic heterocycles. The van der Waals surface area contributed by atoms with E-state index in [0.717, 1.165) is 35.9 Å². The van der Waals surface area contributed by atoms with Gasteiger partial charge in [-0.15, -0.1) is 0 Å². The second kappa shape index (κ2) is 7.93. The lowest BCUT2D eigenvalue weighted by atomic mass is 10.1. The van der Waals surface area contributed by atoms with Crippen LogP contribution in [0.25, 0.3) is 0 Å². The first-order chi connectivity index (χ1) is 12.0. The van der Waals surface area contributed by atoms with E-state index in [4.69, 9.17) is 12.2 Å². The van der Waals surface area contributed by atoms with Crippen LogP contribution >= 0.6 is 12.2 Å². The lowest BCUT2D eigenvalue weighted by Crippen LogP contribution is -2.48. The fourth-order valence-electron chi connectivity index (χ4n) is 3.05. The second-order valence-electron chi connectivity index (χ2n) is 6.63. The third-order valence-electron chi connectivity index (χ3n) is 4.67. The third kappa shape index (κ3) is 4.55. The molecule has 1 N–H and O–H groups in total. The summed E-state index contributed by atoms with van der Waals surface area (Å²) in [6.45, 7) is 7.39. The molecule has 2 aromatic rings. The molecule has 0 radical (unpaired) electrons. The lowest BCUT2D eigenvalue weighted by molar-refractivity contribution is 0.132. The van der Waals surface area contributed by atoms with Gasteiger partial charge in [-0.1, -0.05) is 24.3 Å². The number of thiocarbonyl (C=S) groups is 1. The molecule has 2 aromatic carbocycles. The SMILES string of the molecule is Cc1ccc(NC(=S)N2CCCN(Cc3ccccc3F)C2)cc1C. The van der Waals surface area contributed by atoms with Crippen LogP contribution in [0.3, 0.4) is 0 Å². The quantitative estimate of drug-likeness (QED) is 0.825. The summed E-state index contributed by atoms with van der Waals surface area (Å²) in [5.74, 6) is -0.143. The smallest absolute Gasteiger partial charge is 0.174 e. The molecule has 0 bridgehead atoms. The average Bonchev–Trinajstić information content (AvgIpc) is 2.60. The molecule has 25 heavy (non-hydrogen) atoms. The summed E-state index contributed by atoms with van der Waals surface area (Å²) in [5.41, 5.74) is 4.26. The van der Waals surface area contributed by atoms with Crippen molar-refractivity contribution in [2.75, 3.05) is 25.1 Å². The summed E-state index contributed by atoms with van der Waals surface area (Å²) in [4.78, 5) is 4.38. The van der Waals surface area contributed by atoms with E-state index < -0.39 is 0 Å². The Morgan fingerprint density at radius 1 is 1.12 bits per heavy atom. The monoisotopic (exact) mass is 357 g/mol. The summed E-state index contributed by atoms with van der Waals surface area (Å²) >= 11 is 5.59. The molecule has 0 amide bonds. The van der Waals surface area contributed by atoms with Crippen molar-refractivity contribution < 1.29 is 4.39 Å². The first-order valence-electron chi connectivity index (χ1n) is 8.62. The number of nitrogens with one attached hydrogen (secondary N) is 1. The maximum Gasteiger partial charge on any atom is 0.174 e. The van der Waals surface area contributed by atoms with E-state index in [1.54, 1.807) is 6.07 Å². The third-order valence-corrected chi connectivity index (χ3v) is 5.03. The number of aryl methyl sites for hydroxylation is 2. The number of rotatable bonds is 3. The fraction of sp³-hybridized carbons (Fsp3) is 0.350. The van der Waals surface area contributed by atoms with Crippen LogP contribution < -0.4 is 5.32 Å². The summed E-state index contributed by atoms with van der Waals surface area (Å²) in [6, 6.07) is 13.2. The Morgan fingerprint density at radius 2 is 1.92 bits per heavy atom. The second-order valence-corrected chi connectivity index (χ2v) is 7.02. The van der Waals surface area contributed by atoms with Gasteiger partial charge in [-0.3, -0.25) is 4.90 Å². The topological polar surface area (TPSA) is 18.5 Å². The normalized spacial score (nSPS) is 15.2. The Bertz CT molecular complexity index is 762. The fourth-order valence-corrected chi connectivity index (χ4v) is 3.32. The Labute approximate surface area is 154 Å². The van der Waals surface area contributed by atoms with Crippen LogP contribution in [-0.2, 0) is 6.54 Å². The highest BCUT2D eigenvalue weighted by atomic mass is 32.1. The van der Waals surface area contributed by atoms with Gasteiger partial charge in [-0.2, -0.15) is 0 Å². The molecule has 1 fully saturated rings. The van der Waals surface area contributed by atoms with Crippen molar-refractivity contribution in [1.29, 1.82) is 0 Å². The van der Waals surface area contributed by atoms with Gasteiger partial charge in [0, 0.05) is 30.9 Å². The highest BCUT2D eigenvalue weighted by molar-refractivity contribution is 7.80. The van der Waals surface area contributed by atoms with E-state index in [1.165, 1.54) is 17.2 Å². The van der Waals surface area contributed by atoms with Crippen LogP contribution in [0.2, 0.25) is 0 Å². The van der Waals surface area contributed by atoms with Gasteiger partial charge in [0.2, 0.25) is 0 Å². The van der Waals surface area contributed by atoms with Gasteiger partial charge in [0.05, 0.1) is 6.67 Å². The Hall–Kier alpha value is -1.98. The largest absolute Gasteiger partial charge is 0.336 e. The van der Waals surface area contributed by atoms with Crippen LogP contribution in [0.4, 0.5) is 10.1 Å². The highest BCUT2D eigenvalue weighted by Gasteiger charge is 2.20. The van der Waals surface area contributed by atoms with E-state index in [9.17, 15) is 4.39 Å². The van der Waals surface area contributed by atoms with E-state index in [0.29, 0.717) is 13.2 Å². The highest BCUT2D eigenvalue weighted by Crippen LogP contribution is 2.17. The molecule has 5 heteroatoms. The predicted octanol–water partition coefficient (Wildman–Crippen LogP) is 4.30. The molecular weight excluding hydrogens is 333 g/mol. The molecule has 0 unspecified atom stereocenters. The first kappa shape index (κ1) is 17.8. The van der Waals surface area contributed by atoms with E-state index in [2.05, 4.69) is 47.2 Å². The van der Waals surface area contributed by atoms with Crippen LogP contribution in [0.5, 0.6) is 0 Å². The minimum atomic E-state index is -0.143. The summed E-state index contributed by atoms with van der Waals surface area (Å²) in [6.07, 6.45) is 1.02. The Kier molecular flexibility index (Phi) is 5.66. The van der Waals surface area contributed by atoms with Crippen molar-refractivity contribution in [3.63, 3.8) is 0 Å². The maximum atomic E-state index is 13.9. The van der Waals surface area contributed by atoms with Crippen LogP contribution in [0.15, 0.2) is 42.5 Å². The first-order valence-corrected chi connectivity index (χ1v) is 9.03. The molecule has 1 aliphatic rings. The molecule has 3 rings (SSSR count). The molecule has 0 aliphatic carbocycles. The van der Waals surface area contributed by atoms with Crippen LogP contribution in [0.1, 0.15) is 23.1 Å². The number of anilines is 1. The minimum absolute atomic E-state index is 0.143. The molecule has 0 atom stereocenters. The van der Waals surface area contributed by atoms with Crippen molar-refractivity contribution >= 4 is 23.0 Å². The zero-order valence-electron chi connectivity index (χ0n) is 14.8. The van der Waals surface area contributed by atoms with Crippen molar-refractivity contribution in [3.05, 3.63) is 65.0 Å². The molecular formula is C20H24FN3S. The molecule has 1 saturated heterocycles. The van der Waals surface area contributed by atoms with Crippen molar-refractivity contribution in [2.24, 2.45) is 0 Å². The van der Waals surface area contributed by atoms with Gasteiger partial charge >= 0.3 is 0 Å². The van der Waals surface area contributed by atoms with Crippen LogP contribution in [0, 0.1) is 19.7 Å². The predicted molar refractivity (Wildman–Crippen MR) is 105 cm³/mol. The van der Waals surface area contributed by atoms with Gasteiger partial charge in [0.15, 0.2) is 5.11 Å². The van der Waals surface area contributed by atoms with Crippen LogP contribution in [-0.4, -0.2) is 34.7 Å². The van der Waals surface area contributed by atoms with Gasteiger partial charge in [-0.05, 0) is 61.8 Å². The van der Waals surface area contributed by atoms with Gasteiger partial charge in [-0.25, -0.2) is 4.39 Å². The summed E-state index contributed by atoms with van der Waals surface area (Å²) in [5, 5.41) is 4.06. The van der Waals surface area contributed by atoms with E-state index >= 15 is 0 Å². The summed E-state index contributed by atoms with van der Waals surface area (Å²) < 4.78 is 13.9. The van der Waals surface area contributed by atoms with Crippen molar-refractivity contribution in [2.45, 2.75) is 26.8 Å². The molecule has 3 nitrogen and oxygen atoms in total. The van der Waals surface area contributed by atoms with E-state index in [1.807, 2.05) is 12.1 Å². The Balaban J connectivity index is 1.61. The standard InChI is InChI=1S/C20H24FN3S/c1-15-8-9-18(12-16(15)2)22-20(25)24-11-5-10-23(14-24)13-17-6-3-4-7-19(17)21/h3-4,6-9,12H,5,10-11,13-14H2,1-2H3,(H,22,25). The number of benzene rings is 2.